The Kier molecular flexibility index (Phi) is 6.27. The maximum absolute atomic E-state index is 11.8. The first-order valence-electron chi connectivity index (χ1n) is 7.44. The Morgan fingerprint density at radius 3 is 1.86 bits per heavy atom. The number of carboxylic acids is 1. The monoisotopic (exact) mass is 301 g/mol. The van der Waals surface area contributed by atoms with Crippen molar-refractivity contribution in [2.45, 2.75) is 79.9 Å². The highest BCUT2D eigenvalue weighted by atomic mass is 16.6. The van der Waals surface area contributed by atoms with Gasteiger partial charge in [0.15, 0.2) is 0 Å². The lowest BCUT2D eigenvalue weighted by atomic mass is 9.63. The first kappa shape index (κ1) is 19.7. The molecule has 2 N–H and O–H groups in total. The average molecular weight is 301 g/mol. The van der Waals surface area contributed by atoms with Crippen molar-refractivity contribution in [3.8, 4) is 0 Å². The van der Waals surface area contributed by atoms with Gasteiger partial charge in [0.25, 0.3) is 0 Å². The van der Waals surface area contributed by atoms with Gasteiger partial charge in [0.05, 0.1) is 0 Å². The van der Waals surface area contributed by atoms with E-state index in [1.54, 1.807) is 20.8 Å². The molecule has 0 spiro atoms. The normalized spacial score (nSPS) is 14.5. The Balaban J connectivity index is 4.95. The van der Waals surface area contributed by atoms with Gasteiger partial charge in [-0.15, -0.1) is 0 Å². The highest BCUT2D eigenvalue weighted by Crippen LogP contribution is 2.44. The third kappa shape index (κ3) is 6.36. The van der Waals surface area contributed by atoms with Crippen LogP contribution in [0.2, 0.25) is 0 Å². The molecule has 0 aromatic heterocycles. The lowest BCUT2D eigenvalue weighted by Gasteiger charge is -2.42. The third-order valence-electron chi connectivity index (χ3n) is 4.42. The lowest BCUT2D eigenvalue weighted by molar-refractivity contribution is -0.141. The van der Waals surface area contributed by atoms with E-state index in [9.17, 15) is 14.7 Å². The molecular weight excluding hydrogens is 270 g/mol. The Morgan fingerprint density at radius 2 is 1.52 bits per heavy atom. The number of amides is 1. The third-order valence-corrected chi connectivity index (χ3v) is 4.42. The molecule has 0 bridgehead atoms. The maximum atomic E-state index is 11.8. The van der Waals surface area contributed by atoms with E-state index in [1.165, 1.54) is 0 Å². The van der Waals surface area contributed by atoms with Gasteiger partial charge in [-0.25, -0.2) is 9.59 Å². The van der Waals surface area contributed by atoms with Gasteiger partial charge in [-0.05, 0) is 38.0 Å². The van der Waals surface area contributed by atoms with Crippen molar-refractivity contribution in [2.75, 3.05) is 0 Å². The molecule has 0 heterocycles. The summed E-state index contributed by atoms with van der Waals surface area (Å²) in [7, 11) is 0. The number of nitrogens with one attached hydrogen (secondary N) is 1. The van der Waals surface area contributed by atoms with E-state index in [-0.39, 0.29) is 10.8 Å². The van der Waals surface area contributed by atoms with Crippen molar-refractivity contribution in [1.29, 1.82) is 0 Å². The van der Waals surface area contributed by atoms with E-state index in [1.807, 2.05) is 13.8 Å². The molecule has 0 aliphatic carbocycles. The Labute approximate surface area is 128 Å². The van der Waals surface area contributed by atoms with Gasteiger partial charge >= 0.3 is 12.1 Å². The molecule has 0 aromatic rings. The highest BCUT2D eigenvalue weighted by Gasteiger charge is 2.39. The molecule has 21 heavy (non-hydrogen) atoms. The van der Waals surface area contributed by atoms with Crippen molar-refractivity contribution in [1.82, 2.24) is 5.32 Å². The quantitative estimate of drug-likeness (QED) is 0.782. The molecule has 124 valence electrons. The summed E-state index contributed by atoms with van der Waals surface area (Å²) in [6, 6.07) is -0.958. The standard InChI is InChI=1S/C16H31NO4/c1-9-15(5,6)16(7,8)10-11(12(18)19)17-13(20)21-14(2,3)4/h11H,9-10H2,1-8H3,(H,17,20)(H,18,19). The van der Waals surface area contributed by atoms with Crippen LogP contribution in [0.25, 0.3) is 0 Å². The van der Waals surface area contributed by atoms with Crippen molar-refractivity contribution in [2.24, 2.45) is 10.8 Å². The fourth-order valence-corrected chi connectivity index (χ4v) is 1.92. The first-order valence-corrected chi connectivity index (χ1v) is 7.44. The predicted molar refractivity (Wildman–Crippen MR) is 83.3 cm³/mol. The number of hydrogen-bond acceptors (Lipinski definition) is 3. The smallest absolute Gasteiger partial charge is 0.408 e. The van der Waals surface area contributed by atoms with Crippen molar-refractivity contribution >= 4 is 12.1 Å². The summed E-state index contributed by atoms with van der Waals surface area (Å²) in [5.74, 6) is -1.04. The summed E-state index contributed by atoms with van der Waals surface area (Å²) in [5, 5.41) is 11.8. The molecule has 1 unspecified atom stereocenters. The molecule has 0 aliphatic heterocycles. The van der Waals surface area contributed by atoms with Gasteiger partial charge in [-0.2, -0.15) is 0 Å². The van der Waals surface area contributed by atoms with Crippen LogP contribution >= 0.6 is 0 Å². The highest BCUT2D eigenvalue weighted by molar-refractivity contribution is 5.80. The van der Waals surface area contributed by atoms with Gasteiger partial charge in [0.1, 0.15) is 11.6 Å². The van der Waals surface area contributed by atoms with Crippen LogP contribution in [-0.4, -0.2) is 28.8 Å². The number of carbonyl (C=O) groups is 2. The minimum Gasteiger partial charge on any atom is -0.480 e. The molecule has 0 radical (unpaired) electrons. The summed E-state index contributed by atoms with van der Waals surface area (Å²) in [6.45, 7) is 15.6. The molecule has 0 saturated carbocycles. The van der Waals surface area contributed by atoms with Crippen LogP contribution in [0.15, 0.2) is 0 Å². The van der Waals surface area contributed by atoms with Gasteiger partial charge in [-0.3, -0.25) is 0 Å². The maximum Gasteiger partial charge on any atom is 0.408 e. The van der Waals surface area contributed by atoms with Gasteiger partial charge < -0.3 is 15.2 Å². The number of carbonyl (C=O) groups excluding carboxylic acids is 1. The van der Waals surface area contributed by atoms with Crippen LogP contribution in [0.5, 0.6) is 0 Å². The van der Waals surface area contributed by atoms with Crippen LogP contribution in [0.1, 0.15) is 68.2 Å². The fourth-order valence-electron chi connectivity index (χ4n) is 1.92. The Hall–Kier alpha value is -1.26. The second-order valence-electron chi connectivity index (χ2n) is 7.86. The number of hydrogen-bond donors (Lipinski definition) is 2. The molecule has 0 saturated heterocycles. The molecule has 0 aromatic carbocycles. The second-order valence-corrected chi connectivity index (χ2v) is 7.86. The zero-order valence-electron chi connectivity index (χ0n) is 14.7. The Bertz CT molecular complexity index is 380. The molecule has 0 rings (SSSR count). The summed E-state index contributed by atoms with van der Waals surface area (Å²) < 4.78 is 5.13. The molecule has 0 aliphatic rings. The average Bonchev–Trinajstić information content (AvgIpc) is 2.24. The van der Waals surface area contributed by atoms with E-state index < -0.39 is 23.7 Å². The van der Waals surface area contributed by atoms with E-state index in [2.05, 4.69) is 26.1 Å². The number of carboxylic acid groups (broad SMARTS) is 1. The van der Waals surface area contributed by atoms with Crippen LogP contribution < -0.4 is 5.32 Å². The van der Waals surface area contributed by atoms with Crippen molar-refractivity contribution < 1.29 is 19.4 Å². The molecule has 1 atom stereocenters. The number of ether oxygens (including phenoxy) is 1. The summed E-state index contributed by atoms with van der Waals surface area (Å²) >= 11 is 0. The summed E-state index contributed by atoms with van der Waals surface area (Å²) in [6.07, 6.45) is 0.585. The summed E-state index contributed by atoms with van der Waals surface area (Å²) in [5.41, 5.74) is -0.915. The van der Waals surface area contributed by atoms with Crippen LogP contribution in [-0.2, 0) is 9.53 Å². The Morgan fingerprint density at radius 1 is 1.05 bits per heavy atom. The fraction of sp³-hybridized carbons (Fsp3) is 0.875. The number of aliphatic carboxylic acids is 1. The van der Waals surface area contributed by atoms with E-state index >= 15 is 0 Å². The van der Waals surface area contributed by atoms with Crippen molar-refractivity contribution in [3.05, 3.63) is 0 Å². The van der Waals surface area contributed by atoms with E-state index in [4.69, 9.17) is 4.74 Å². The van der Waals surface area contributed by atoms with Crippen LogP contribution in [0, 0.1) is 10.8 Å². The SMILES string of the molecule is CCC(C)(C)C(C)(C)CC(NC(=O)OC(C)(C)C)C(=O)O. The van der Waals surface area contributed by atoms with Gasteiger partial charge in [-0.1, -0.05) is 41.0 Å². The minimum absolute atomic E-state index is 0.0314. The second kappa shape index (κ2) is 6.67. The zero-order valence-corrected chi connectivity index (χ0v) is 14.7. The molecule has 5 heteroatoms. The zero-order chi connectivity index (χ0) is 17.1. The van der Waals surface area contributed by atoms with Crippen LogP contribution in [0.4, 0.5) is 4.79 Å². The van der Waals surface area contributed by atoms with Gasteiger partial charge in [0.2, 0.25) is 0 Å². The first-order chi connectivity index (χ1) is 9.22. The topological polar surface area (TPSA) is 75.6 Å². The minimum atomic E-state index is -1.04. The molecule has 5 nitrogen and oxygen atoms in total. The number of alkyl carbamates (subject to hydrolysis) is 1. The molecule has 1 amide bonds. The van der Waals surface area contributed by atoms with E-state index in [0.29, 0.717) is 6.42 Å². The van der Waals surface area contributed by atoms with E-state index in [0.717, 1.165) is 6.42 Å². The molecular formula is C16H31NO4. The predicted octanol–water partition coefficient (Wildman–Crippen LogP) is 3.82. The lowest BCUT2D eigenvalue weighted by Crippen LogP contribution is -2.47. The van der Waals surface area contributed by atoms with Crippen LogP contribution in [0.3, 0.4) is 0 Å². The largest absolute Gasteiger partial charge is 0.480 e. The summed E-state index contributed by atoms with van der Waals surface area (Å²) in [4.78, 5) is 23.2. The number of rotatable bonds is 6. The van der Waals surface area contributed by atoms with Gasteiger partial charge in [0, 0.05) is 0 Å². The van der Waals surface area contributed by atoms with Crippen molar-refractivity contribution in [3.63, 3.8) is 0 Å². The molecule has 0 fully saturated rings.